The Labute approximate surface area is 195 Å². The number of carbonyl (C=O) groups is 3. The van der Waals surface area contributed by atoms with E-state index in [1.54, 1.807) is 0 Å². The Hall–Kier alpha value is -4.24. The van der Waals surface area contributed by atoms with E-state index in [9.17, 15) is 19.5 Å². The highest BCUT2D eigenvalue weighted by Gasteiger charge is 2.31. The molecule has 34 heavy (non-hydrogen) atoms. The highest BCUT2D eigenvalue weighted by atomic mass is 16.5. The van der Waals surface area contributed by atoms with Gasteiger partial charge in [-0.2, -0.15) is 0 Å². The highest BCUT2D eigenvalue weighted by molar-refractivity contribution is 5.94. The molecule has 1 aliphatic carbocycles. The zero-order chi connectivity index (χ0) is 24.3. The van der Waals surface area contributed by atoms with Crippen molar-refractivity contribution in [3.05, 3.63) is 83.6 Å². The van der Waals surface area contributed by atoms with Crippen molar-refractivity contribution in [1.82, 2.24) is 10.3 Å². The van der Waals surface area contributed by atoms with Gasteiger partial charge in [0.15, 0.2) is 5.60 Å². The number of carboxylic acids is 1. The number of benzene rings is 2. The summed E-state index contributed by atoms with van der Waals surface area (Å²) in [5.41, 5.74) is 2.24. The summed E-state index contributed by atoms with van der Waals surface area (Å²) in [6.45, 7) is 0.690. The van der Waals surface area contributed by atoms with Gasteiger partial charge in [0.25, 0.3) is 5.91 Å². The van der Waals surface area contributed by atoms with E-state index in [0.717, 1.165) is 29.2 Å². The number of ether oxygens (including phenoxy) is 1. The summed E-state index contributed by atoms with van der Waals surface area (Å²) in [6.07, 6.45) is -0.722. The summed E-state index contributed by atoms with van der Waals surface area (Å²) in [5, 5.41) is 23.5. The Bertz CT molecular complexity index is 1210. The summed E-state index contributed by atoms with van der Waals surface area (Å²) in [5.74, 6) is -2.16. The number of aliphatic carboxylic acids is 1. The third-order valence-electron chi connectivity index (χ3n) is 5.61. The van der Waals surface area contributed by atoms with Crippen LogP contribution < -0.4 is 10.6 Å². The summed E-state index contributed by atoms with van der Waals surface area (Å²) in [7, 11) is 0. The maximum atomic E-state index is 12.4. The van der Waals surface area contributed by atoms with Gasteiger partial charge < -0.3 is 20.3 Å². The number of aromatic nitrogens is 1. The summed E-state index contributed by atoms with van der Waals surface area (Å²) < 4.78 is 5.47. The van der Waals surface area contributed by atoms with Crippen LogP contribution in [0.25, 0.3) is 11.1 Å². The molecule has 0 fully saturated rings. The number of fused-ring (bicyclic) bond motifs is 3. The van der Waals surface area contributed by atoms with Gasteiger partial charge in [-0.1, -0.05) is 54.6 Å². The number of anilines is 1. The first-order chi connectivity index (χ1) is 16.3. The predicted molar refractivity (Wildman–Crippen MR) is 124 cm³/mol. The molecule has 9 nitrogen and oxygen atoms in total. The van der Waals surface area contributed by atoms with Gasteiger partial charge in [-0.15, -0.1) is 0 Å². The van der Waals surface area contributed by atoms with Crippen molar-refractivity contribution in [3.8, 4) is 11.1 Å². The van der Waals surface area contributed by atoms with E-state index in [1.165, 1.54) is 18.2 Å². The number of amides is 2. The van der Waals surface area contributed by atoms with Crippen LogP contribution in [-0.4, -0.2) is 51.9 Å². The second kappa shape index (κ2) is 9.32. The van der Waals surface area contributed by atoms with Gasteiger partial charge in [0.05, 0.1) is 6.54 Å². The Morgan fingerprint density at radius 2 is 1.59 bits per heavy atom. The minimum Gasteiger partial charge on any atom is -0.479 e. The van der Waals surface area contributed by atoms with Crippen LogP contribution in [0.5, 0.6) is 0 Å². The molecule has 0 spiro atoms. The van der Waals surface area contributed by atoms with Crippen LogP contribution in [0.2, 0.25) is 0 Å². The molecule has 0 aliphatic heterocycles. The molecule has 1 aliphatic rings. The van der Waals surface area contributed by atoms with E-state index >= 15 is 0 Å². The van der Waals surface area contributed by atoms with Crippen LogP contribution in [0.4, 0.5) is 10.6 Å². The fourth-order valence-corrected chi connectivity index (χ4v) is 3.79. The molecule has 4 N–H and O–H groups in total. The molecule has 1 unspecified atom stereocenters. The molecule has 2 aromatic carbocycles. The fraction of sp³-hybridized carbons (Fsp3) is 0.200. The zero-order valence-corrected chi connectivity index (χ0v) is 18.3. The molecule has 0 radical (unpaired) electrons. The van der Waals surface area contributed by atoms with Crippen molar-refractivity contribution in [3.63, 3.8) is 0 Å². The van der Waals surface area contributed by atoms with Crippen LogP contribution in [0, 0.1) is 0 Å². The summed E-state index contributed by atoms with van der Waals surface area (Å²) in [6, 6.07) is 20.4. The minimum absolute atomic E-state index is 0.0577. The van der Waals surface area contributed by atoms with E-state index in [-0.39, 0.29) is 24.0 Å². The predicted octanol–water partition coefficient (Wildman–Crippen LogP) is 3.01. The SMILES string of the molecule is CC(O)(CNC(=O)c1cccc(NC(=O)OCC2c3ccccc3-c3ccccc32)n1)C(=O)O. The number of nitrogens with one attached hydrogen (secondary N) is 2. The smallest absolute Gasteiger partial charge is 0.412 e. The lowest BCUT2D eigenvalue weighted by Gasteiger charge is -2.18. The average Bonchev–Trinajstić information content (AvgIpc) is 3.15. The lowest BCUT2D eigenvalue weighted by molar-refractivity contribution is -0.155. The average molecular weight is 461 g/mol. The van der Waals surface area contributed by atoms with Crippen molar-refractivity contribution in [2.24, 2.45) is 0 Å². The molecule has 3 aromatic rings. The minimum atomic E-state index is -2.12. The quantitative estimate of drug-likeness (QED) is 0.424. The van der Waals surface area contributed by atoms with Gasteiger partial charge in [-0.05, 0) is 41.3 Å². The van der Waals surface area contributed by atoms with Gasteiger partial charge in [-0.3, -0.25) is 10.1 Å². The van der Waals surface area contributed by atoms with Crippen LogP contribution in [-0.2, 0) is 9.53 Å². The van der Waals surface area contributed by atoms with Gasteiger partial charge >= 0.3 is 12.1 Å². The molecule has 1 atom stereocenters. The van der Waals surface area contributed by atoms with Crippen molar-refractivity contribution in [2.75, 3.05) is 18.5 Å². The molecule has 1 aromatic heterocycles. The van der Waals surface area contributed by atoms with Crippen LogP contribution in [0.1, 0.15) is 34.5 Å². The van der Waals surface area contributed by atoms with E-state index < -0.39 is 30.1 Å². The molecule has 0 saturated heterocycles. The van der Waals surface area contributed by atoms with Crippen LogP contribution in [0.3, 0.4) is 0 Å². The highest BCUT2D eigenvalue weighted by Crippen LogP contribution is 2.44. The van der Waals surface area contributed by atoms with Gasteiger partial charge in [0.2, 0.25) is 0 Å². The first-order valence-electron chi connectivity index (χ1n) is 10.6. The number of pyridine rings is 1. The molecular formula is C25H23N3O6. The third kappa shape index (κ3) is 4.74. The molecule has 0 saturated carbocycles. The van der Waals surface area contributed by atoms with E-state index in [4.69, 9.17) is 9.84 Å². The van der Waals surface area contributed by atoms with E-state index in [2.05, 4.69) is 15.6 Å². The van der Waals surface area contributed by atoms with Crippen LogP contribution >= 0.6 is 0 Å². The first kappa shape index (κ1) is 22.9. The Morgan fingerprint density at radius 1 is 0.971 bits per heavy atom. The number of hydrogen-bond acceptors (Lipinski definition) is 6. The third-order valence-corrected chi connectivity index (χ3v) is 5.61. The van der Waals surface area contributed by atoms with Gasteiger partial charge in [-0.25, -0.2) is 14.6 Å². The molecule has 1 heterocycles. The van der Waals surface area contributed by atoms with Gasteiger partial charge in [0, 0.05) is 5.92 Å². The molecule has 174 valence electrons. The summed E-state index contributed by atoms with van der Waals surface area (Å²) in [4.78, 5) is 39.7. The number of carboxylic acid groups (broad SMARTS) is 1. The maximum Gasteiger partial charge on any atom is 0.412 e. The van der Waals surface area contributed by atoms with Crippen molar-refractivity contribution in [2.45, 2.75) is 18.4 Å². The molecule has 0 bridgehead atoms. The molecular weight excluding hydrogens is 438 g/mol. The largest absolute Gasteiger partial charge is 0.479 e. The monoisotopic (exact) mass is 461 g/mol. The number of hydrogen-bond donors (Lipinski definition) is 4. The van der Waals surface area contributed by atoms with Crippen molar-refractivity contribution in [1.29, 1.82) is 0 Å². The normalized spacial score (nSPS) is 13.8. The van der Waals surface area contributed by atoms with Crippen LogP contribution in [0.15, 0.2) is 66.7 Å². The topological polar surface area (TPSA) is 138 Å². The summed E-state index contributed by atoms with van der Waals surface area (Å²) >= 11 is 0. The number of rotatable bonds is 7. The number of carbonyl (C=O) groups excluding carboxylic acids is 2. The first-order valence-corrected chi connectivity index (χ1v) is 10.6. The van der Waals surface area contributed by atoms with E-state index in [0.29, 0.717) is 0 Å². The number of nitrogens with zero attached hydrogens (tertiary/aromatic N) is 1. The van der Waals surface area contributed by atoms with Gasteiger partial charge in [0.1, 0.15) is 18.1 Å². The fourth-order valence-electron chi connectivity index (χ4n) is 3.79. The number of aliphatic hydroxyl groups is 1. The Kier molecular flexibility index (Phi) is 6.29. The molecule has 4 rings (SSSR count). The van der Waals surface area contributed by atoms with E-state index in [1.807, 2.05) is 48.5 Å². The second-order valence-electron chi connectivity index (χ2n) is 8.12. The Balaban J connectivity index is 1.38. The molecule has 9 heteroatoms. The maximum absolute atomic E-state index is 12.4. The standard InChI is InChI=1S/C25H23N3O6/c1-25(33,23(30)31)14-26-22(29)20-11-6-12-21(27-20)28-24(32)34-13-19-17-9-4-2-7-15(17)16-8-3-5-10-18(16)19/h2-12,19,33H,13-14H2,1H3,(H,26,29)(H,30,31)(H,27,28,32). The lowest BCUT2D eigenvalue weighted by Crippen LogP contribution is -2.46. The van der Waals surface area contributed by atoms with Crippen molar-refractivity contribution >= 4 is 23.8 Å². The molecule has 2 amide bonds. The second-order valence-corrected chi connectivity index (χ2v) is 8.12. The zero-order valence-electron chi connectivity index (χ0n) is 18.3. The lowest BCUT2D eigenvalue weighted by atomic mass is 9.98. The Morgan fingerprint density at radius 3 is 2.21 bits per heavy atom. The van der Waals surface area contributed by atoms with Crippen molar-refractivity contribution < 1.29 is 29.3 Å².